The lowest BCUT2D eigenvalue weighted by molar-refractivity contribution is -0.0525. The summed E-state index contributed by atoms with van der Waals surface area (Å²) in [6.45, 7) is 2.44. The molecule has 174 valence electrons. The van der Waals surface area contributed by atoms with Crippen molar-refractivity contribution in [2.45, 2.75) is 50.8 Å². The molecule has 33 heavy (non-hydrogen) atoms. The van der Waals surface area contributed by atoms with Gasteiger partial charge in [-0.15, -0.1) is 10.2 Å². The number of benzene rings is 1. The molecule has 1 N–H and O–H groups in total. The van der Waals surface area contributed by atoms with E-state index in [1.54, 1.807) is 43.4 Å². The lowest BCUT2D eigenvalue weighted by Crippen LogP contribution is -2.66. The minimum Gasteiger partial charge on any atom is -0.420 e. The summed E-state index contributed by atoms with van der Waals surface area (Å²) >= 11 is 6.37. The summed E-state index contributed by atoms with van der Waals surface area (Å²) in [4.78, 5) is 19.7. The first-order chi connectivity index (χ1) is 15.9. The molecule has 1 aliphatic heterocycles. The Kier molecular flexibility index (Phi) is 5.57. The van der Waals surface area contributed by atoms with E-state index in [1.165, 1.54) is 0 Å². The third-order valence-electron chi connectivity index (χ3n) is 6.49. The van der Waals surface area contributed by atoms with Gasteiger partial charge in [0.1, 0.15) is 18.5 Å². The van der Waals surface area contributed by atoms with Gasteiger partial charge < -0.3 is 19.4 Å². The highest BCUT2D eigenvalue weighted by atomic mass is 35.5. The first kappa shape index (κ1) is 21.8. The van der Waals surface area contributed by atoms with E-state index in [1.807, 2.05) is 4.90 Å². The van der Waals surface area contributed by atoms with Gasteiger partial charge in [0.2, 0.25) is 11.8 Å². The van der Waals surface area contributed by atoms with Crippen LogP contribution < -0.4 is 5.32 Å². The number of halogens is 1. The third-order valence-corrected chi connectivity index (χ3v) is 6.82. The second-order valence-electron chi connectivity index (χ2n) is 8.95. The standard InChI is InChI=1S/C22H26ClN7O3/c1-13-4-6-15-10-22(9-13,20-27-26-18(33-20)11-32-3)30(15)21(31)25-14-5-7-17(23)16(8-14)19-24-12-29(2)28-19/h5,7-8,12-13,15H,4,6,9-11H2,1-3H3,(H,25,31). The minimum atomic E-state index is -0.610. The van der Waals surface area contributed by atoms with Gasteiger partial charge in [-0.05, 0) is 43.4 Å². The molecule has 1 saturated carbocycles. The number of fused-ring (bicyclic) bond motifs is 2. The average Bonchev–Trinajstić information content (AvgIpc) is 3.33. The van der Waals surface area contributed by atoms with Gasteiger partial charge in [0.05, 0.1) is 5.02 Å². The number of carbonyl (C=O) groups excluding carboxylic acids is 1. The Hall–Kier alpha value is -2.98. The van der Waals surface area contributed by atoms with Crippen molar-refractivity contribution in [3.05, 3.63) is 41.3 Å². The topological polar surface area (TPSA) is 111 Å². The third kappa shape index (κ3) is 3.87. The van der Waals surface area contributed by atoms with Crippen molar-refractivity contribution in [2.24, 2.45) is 13.0 Å². The van der Waals surface area contributed by atoms with Crippen molar-refractivity contribution in [3.63, 3.8) is 0 Å². The number of likely N-dealkylation sites (tertiary alicyclic amines) is 1. The Morgan fingerprint density at radius 2 is 2.18 bits per heavy atom. The molecule has 3 atom stereocenters. The molecular weight excluding hydrogens is 446 g/mol. The number of nitrogens with zero attached hydrogens (tertiary/aromatic N) is 6. The zero-order chi connectivity index (χ0) is 23.2. The molecule has 1 saturated heterocycles. The van der Waals surface area contributed by atoms with Crippen molar-refractivity contribution in [1.82, 2.24) is 29.9 Å². The van der Waals surface area contributed by atoms with Gasteiger partial charge in [-0.2, -0.15) is 5.10 Å². The molecule has 2 aliphatic rings. The first-order valence-corrected chi connectivity index (χ1v) is 11.3. The van der Waals surface area contributed by atoms with E-state index >= 15 is 0 Å². The lowest BCUT2D eigenvalue weighted by Gasteiger charge is -2.55. The van der Waals surface area contributed by atoms with Crippen LogP contribution in [0.25, 0.3) is 11.4 Å². The van der Waals surface area contributed by atoms with Gasteiger partial charge in [-0.25, -0.2) is 9.78 Å². The van der Waals surface area contributed by atoms with Gasteiger partial charge in [0.15, 0.2) is 5.82 Å². The molecule has 0 radical (unpaired) electrons. The van der Waals surface area contributed by atoms with Crippen molar-refractivity contribution < 1.29 is 13.9 Å². The molecular formula is C22H26ClN7O3. The van der Waals surface area contributed by atoms with E-state index in [0.29, 0.717) is 39.8 Å². The number of amides is 2. The normalized spacial score (nSPS) is 24.3. The fourth-order valence-electron chi connectivity index (χ4n) is 5.07. The van der Waals surface area contributed by atoms with Crippen LogP contribution in [0, 0.1) is 5.92 Å². The fraction of sp³-hybridized carbons (Fsp3) is 0.500. The predicted octanol–water partition coefficient (Wildman–Crippen LogP) is 3.99. The lowest BCUT2D eigenvalue weighted by atomic mass is 9.75. The monoisotopic (exact) mass is 471 g/mol. The molecule has 1 aromatic carbocycles. The zero-order valence-electron chi connectivity index (χ0n) is 18.8. The summed E-state index contributed by atoms with van der Waals surface area (Å²) in [6.07, 6.45) is 5.18. The van der Waals surface area contributed by atoms with Gasteiger partial charge in [-0.1, -0.05) is 18.5 Å². The zero-order valence-corrected chi connectivity index (χ0v) is 19.5. The van der Waals surface area contributed by atoms with Crippen molar-refractivity contribution in [3.8, 4) is 11.4 Å². The maximum absolute atomic E-state index is 13.5. The molecule has 10 nitrogen and oxygen atoms in total. The molecule has 2 bridgehead atoms. The molecule has 2 aromatic heterocycles. The number of nitrogens with one attached hydrogen (secondary N) is 1. The quantitative estimate of drug-likeness (QED) is 0.598. The Morgan fingerprint density at radius 1 is 1.33 bits per heavy atom. The number of carbonyl (C=O) groups is 1. The molecule has 3 heterocycles. The van der Waals surface area contributed by atoms with E-state index in [9.17, 15) is 4.79 Å². The predicted molar refractivity (Wildman–Crippen MR) is 120 cm³/mol. The number of rotatable bonds is 5. The fourth-order valence-corrected chi connectivity index (χ4v) is 5.27. The smallest absolute Gasteiger partial charge is 0.322 e. The Labute approximate surface area is 196 Å². The van der Waals surface area contributed by atoms with E-state index in [2.05, 4.69) is 32.5 Å². The van der Waals surface area contributed by atoms with Crippen LogP contribution in [0.1, 0.15) is 44.4 Å². The largest absolute Gasteiger partial charge is 0.420 e. The van der Waals surface area contributed by atoms with Crippen LogP contribution >= 0.6 is 11.6 Å². The van der Waals surface area contributed by atoms with Crippen LogP contribution in [0.3, 0.4) is 0 Å². The summed E-state index contributed by atoms with van der Waals surface area (Å²) in [5.41, 5.74) is 0.659. The molecule has 5 rings (SSSR count). The second-order valence-corrected chi connectivity index (χ2v) is 9.35. The molecule has 2 fully saturated rings. The van der Waals surface area contributed by atoms with Crippen LogP contribution in [0.5, 0.6) is 0 Å². The summed E-state index contributed by atoms with van der Waals surface area (Å²) in [6, 6.07) is 5.22. The molecule has 1 aliphatic carbocycles. The Bertz CT molecular complexity index is 1180. The average molecular weight is 472 g/mol. The van der Waals surface area contributed by atoms with Crippen LogP contribution in [0.2, 0.25) is 5.02 Å². The van der Waals surface area contributed by atoms with Crippen LogP contribution in [0.4, 0.5) is 10.5 Å². The molecule has 3 unspecified atom stereocenters. The van der Waals surface area contributed by atoms with Gasteiger partial charge >= 0.3 is 6.03 Å². The van der Waals surface area contributed by atoms with E-state index in [-0.39, 0.29) is 18.7 Å². The number of hydrogen-bond donors (Lipinski definition) is 1. The number of aryl methyl sites for hydroxylation is 1. The van der Waals surface area contributed by atoms with Crippen molar-refractivity contribution in [1.29, 1.82) is 0 Å². The van der Waals surface area contributed by atoms with E-state index in [0.717, 1.165) is 25.7 Å². The minimum absolute atomic E-state index is 0.122. The summed E-state index contributed by atoms with van der Waals surface area (Å²) in [5.74, 6) is 1.82. The number of anilines is 1. The number of methoxy groups -OCH3 is 1. The highest BCUT2D eigenvalue weighted by Crippen LogP contribution is 2.53. The Morgan fingerprint density at radius 3 is 2.94 bits per heavy atom. The van der Waals surface area contributed by atoms with Gasteiger partial charge in [-0.3, -0.25) is 4.68 Å². The molecule has 2 amide bonds. The summed E-state index contributed by atoms with van der Waals surface area (Å²) in [5, 5.41) is 16.3. The van der Waals surface area contributed by atoms with Gasteiger partial charge in [0, 0.05) is 37.9 Å². The van der Waals surface area contributed by atoms with E-state index < -0.39 is 5.54 Å². The number of hydrogen-bond acceptors (Lipinski definition) is 7. The summed E-state index contributed by atoms with van der Waals surface area (Å²) < 4.78 is 12.7. The van der Waals surface area contributed by atoms with Gasteiger partial charge in [0.25, 0.3) is 0 Å². The molecule has 11 heteroatoms. The number of ether oxygens (including phenoxy) is 1. The molecule has 3 aromatic rings. The highest BCUT2D eigenvalue weighted by molar-refractivity contribution is 6.33. The number of urea groups is 1. The maximum atomic E-state index is 13.5. The van der Waals surface area contributed by atoms with Crippen LogP contribution in [0.15, 0.2) is 28.9 Å². The van der Waals surface area contributed by atoms with Crippen LogP contribution in [-0.4, -0.2) is 49.0 Å². The van der Waals surface area contributed by atoms with E-state index in [4.69, 9.17) is 20.8 Å². The Balaban J connectivity index is 1.43. The number of aromatic nitrogens is 5. The highest BCUT2D eigenvalue weighted by Gasteiger charge is 2.60. The first-order valence-electron chi connectivity index (χ1n) is 11.0. The van der Waals surface area contributed by atoms with Crippen molar-refractivity contribution >= 4 is 23.3 Å². The SMILES string of the molecule is COCc1nnc(C23CC(C)CCC(C2)N3C(=O)Nc2ccc(Cl)c(-c3ncn(C)n3)c2)o1. The van der Waals surface area contributed by atoms with Crippen molar-refractivity contribution in [2.75, 3.05) is 12.4 Å². The molecule has 0 spiro atoms. The second kappa shape index (κ2) is 8.42. The maximum Gasteiger partial charge on any atom is 0.322 e. The summed E-state index contributed by atoms with van der Waals surface area (Å²) in [7, 11) is 3.37. The van der Waals surface area contributed by atoms with Crippen LogP contribution in [-0.2, 0) is 23.9 Å².